The number of pyridine rings is 1. The van der Waals surface area contributed by atoms with Crippen LogP contribution in [0.1, 0.15) is 26.3 Å². The molecule has 4 rings (SSSR count). The molecule has 0 spiro atoms. The monoisotopic (exact) mass is 433 g/mol. The molecule has 1 amide bonds. The van der Waals surface area contributed by atoms with E-state index in [1.54, 1.807) is 48.7 Å². The van der Waals surface area contributed by atoms with E-state index in [0.29, 0.717) is 10.9 Å². The summed E-state index contributed by atoms with van der Waals surface area (Å²) in [6.07, 6.45) is 3.37. The molecule has 31 heavy (non-hydrogen) atoms. The Morgan fingerprint density at radius 1 is 1.03 bits per heavy atom. The topological polar surface area (TPSA) is 81.6 Å². The molecule has 0 fully saturated rings. The van der Waals surface area contributed by atoms with E-state index in [0.717, 1.165) is 15.8 Å². The van der Waals surface area contributed by atoms with Crippen molar-refractivity contribution in [1.29, 1.82) is 0 Å². The molecule has 8 heteroatoms. The van der Waals surface area contributed by atoms with Crippen LogP contribution in [0, 0.1) is 0 Å². The van der Waals surface area contributed by atoms with Gasteiger partial charge in [0.05, 0.1) is 42.1 Å². The van der Waals surface area contributed by atoms with Gasteiger partial charge in [0.1, 0.15) is 5.75 Å². The van der Waals surface area contributed by atoms with E-state index in [9.17, 15) is 9.59 Å². The minimum Gasteiger partial charge on any atom is -0.497 e. The minimum atomic E-state index is -0.570. The highest BCUT2D eigenvalue weighted by atomic mass is 32.1. The number of ether oxygens (including phenoxy) is 2. The second kappa shape index (κ2) is 8.93. The van der Waals surface area contributed by atoms with E-state index >= 15 is 0 Å². The fourth-order valence-electron chi connectivity index (χ4n) is 3.14. The standard InChI is InChI=1S/C23H19N3O4S/c1-29-16-9-10-19-20(12-16)31-23(25-19)26(14-15-6-5-11-24-13-15)21(27)17-7-3-4-8-18(17)22(28)30-2/h3-13H,14H2,1-2H3. The summed E-state index contributed by atoms with van der Waals surface area (Å²) in [6.45, 7) is 0.249. The van der Waals surface area contributed by atoms with E-state index < -0.39 is 5.97 Å². The largest absolute Gasteiger partial charge is 0.497 e. The predicted molar refractivity (Wildman–Crippen MR) is 119 cm³/mol. The van der Waals surface area contributed by atoms with Gasteiger partial charge in [-0.05, 0) is 42.0 Å². The van der Waals surface area contributed by atoms with Gasteiger partial charge in [-0.25, -0.2) is 9.78 Å². The summed E-state index contributed by atoms with van der Waals surface area (Å²) in [5.41, 5.74) is 2.04. The fraction of sp³-hybridized carbons (Fsp3) is 0.130. The van der Waals surface area contributed by atoms with Gasteiger partial charge in [-0.1, -0.05) is 29.5 Å². The SMILES string of the molecule is COC(=O)c1ccccc1C(=O)N(Cc1cccnc1)c1nc2ccc(OC)cc2s1. The van der Waals surface area contributed by atoms with Gasteiger partial charge in [-0.3, -0.25) is 14.7 Å². The number of carbonyl (C=O) groups excluding carboxylic acids is 2. The van der Waals surface area contributed by atoms with Gasteiger partial charge in [-0.2, -0.15) is 0 Å². The Bertz CT molecular complexity index is 1240. The molecule has 2 aromatic heterocycles. The third-order valence-electron chi connectivity index (χ3n) is 4.69. The maximum absolute atomic E-state index is 13.6. The van der Waals surface area contributed by atoms with Crippen molar-refractivity contribution in [1.82, 2.24) is 9.97 Å². The van der Waals surface area contributed by atoms with Crippen molar-refractivity contribution in [3.05, 3.63) is 83.7 Å². The number of fused-ring (bicyclic) bond motifs is 1. The van der Waals surface area contributed by atoms with Crippen molar-refractivity contribution in [2.24, 2.45) is 0 Å². The molecule has 0 unspecified atom stereocenters. The number of esters is 1. The highest BCUT2D eigenvalue weighted by Gasteiger charge is 2.26. The fourth-order valence-corrected chi connectivity index (χ4v) is 4.13. The zero-order chi connectivity index (χ0) is 21.8. The maximum atomic E-state index is 13.6. The first-order valence-electron chi connectivity index (χ1n) is 9.43. The van der Waals surface area contributed by atoms with Crippen molar-refractivity contribution >= 4 is 38.6 Å². The van der Waals surface area contributed by atoms with Crippen molar-refractivity contribution in [2.75, 3.05) is 19.1 Å². The molecule has 7 nitrogen and oxygen atoms in total. The number of thiazole rings is 1. The number of amides is 1. The van der Waals surface area contributed by atoms with Gasteiger partial charge in [0.25, 0.3) is 5.91 Å². The number of carbonyl (C=O) groups is 2. The Hall–Kier alpha value is -3.78. The van der Waals surface area contributed by atoms with Crippen molar-refractivity contribution in [3.8, 4) is 5.75 Å². The zero-order valence-electron chi connectivity index (χ0n) is 16.9. The Kier molecular flexibility index (Phi) is 5.90. The quantitative estimate of drug-likeness (QED) is 0.421. The van der Waals surface area contributed by atoms with Gasteiger partial charge < -0.3 is 9.47 Å². The number of hydrogen-bond acceptors (Lipinski definition) is 7. The molecule has 0 saturated heterocycles. The lowest BCUT2D eigenvalue weighted by molar-refractivity contribution is 0.0597. The zero-order valence-corrected chi connectivity index (χ0v) is 17.8. The summed E-state index contributed by atoms with van der Waals surface area (Å²) >= 11 is 1.37. The number of hydrogen-bond donors (Lipinski definition) is 0. The lowest BCUT2D eigenvalue weighted by Crippen LogP contribution is -2.31. The minimum absolute atomic E-state index is 0.203. The molecule has 2 aromatic carbocycles. The van der Waals surface area contributed by atoms with Crippen LogP contribution in [0.25, 0.3) is 10.2 Å². The summed E-state index contributed by atoms with van der Waals surface area (Å²) in [6, 6.07) is 15.8. The molecule has 0 N–H and O–H groups in total. The molecular formula is C23H19N3O4S. The van der Waals surface area contributed by atoms with Crippen molar-refractivity contribution < 1.29 is 19.1 Å². The first kappa shape index (κ1) is 20.5. The Morgan fingerprint density at radius 3 is 2.55 bits per heavy atom. The highest BCUT2D eigenvalue weighted by Crippen LogP contribution is 2.33. The molecule has 156 valence electrons. The maximum Gasteiger partial charge on any atom is 0.338 e. The van der Waals surface area contributed by atoms with E-state index in [1.807, 2.05) is 30.3 Å². The Morgan fingerprint density at radius 2 is 1.84 bits per heavy atom. The number of aromatic nitrogens is 2. The lowest BCUT2D eigenvalue weighted by atomic mass is 10.1. The highest BCUT2D eigenvalue weighted by molar-refractivity contribution is 7.22. The van der Waals surface area contributed by atoms with Crippen molar-refractivity contribution in [3.63, 3.8) is 0 Å². The molecular weight excluding hydrogens is 414 g/mol. The lowest BCUT2D eigenvalue weighted by Gasteiger charge is -2.21. The molecule has 2 heterocycles. The van der Waals surface area contributed by atoms with Gasteiger partial charge in [0.15, 0.2) is 5.13 Å². The normalized spacial score (nSPS) is 10.6. The average Bonchev–Trinajstić information content (AvgIpc) is 3.25. The predicted octanol–water partition coefficient (Wildman–Crippen LogP) is 4.33. The van der Waals surface area contributed by atoms with Gasteiger partial charge in [0, 0.05) is 12.4 Å². The Balaban J connectivity index is 1.80. The summed E-state index contributed by atoms with van der Waals surface area (Å²) in [4.78, 5) is 36.2. The van der Waals surface area contributed by atoms with E-state index in [2.05, 4.69) is 9.97 Å². The third kappa shape index (κ3) is 4.24. The first-order valence-corrected chi connectivity index (χ1v) is 10.2. The Labute approximate surface area is 182 Å². The smallest absolute Gasteiger partial charge is 0.338 e. The molecule has 0 aliphatic carbocycles. The van der Waals surface area contributed by atoms with Crippen LogP contribution in [0.3, 0.4) is 0 Å². The second-order valence-electron chi connectivity index (χ2n) is 6.62. The van der Waals surface area contributed by atoms with E-state index in [-0.39, 0.29) is 23.6 Å². The van der Waals surface area contributed by atoms with Gasteiger partial charge >= 0.3 is 5.97 Å². The summed E-state index contributed by atoms with van der Waals surface area (Å²) < 4.78 is 11.0. The van der Waals surface area contributed by atoms with Crippen LogP contribution < -0.4 is 9.64 Å². The molecule has 0 aliphatic heterocycles. The average molecular weight is 433 g/mol. The molecule has 0 atom stereocenters. The van der Waals surface area contributed by atoms with Crippen LogP contribution in [0.5, 0.6) is 5.75 Å². The van der Waals surface area contributed by atoms with Crippen LogP contribution in [0.4, 0.5) is 5.13 Å². The third-order valence-corrected chi connectivity index (χ3v) is 5.73. The summed E-state index contributed by atoms with van der Waals surface area (Å²) in [5.74, 6) is -0.209. The number of nitrogens with zero attached hydrogens (tertiary/aromatic N) is 3. The summed E-state index contributed by atoms with van der Waals surface area (Å²) in [7, 11) is 2.89. The van der Waals surface area contributed by atoms with Crippen LogP contribution in [-0.4, -0.2) is 36.1 Å². The van der Waals surface area contributed by atoms with E-state index in [1.165, 1.54) is 18.4 Å². The van der Waals surface area contributed by atoms with Crippen molar-refractivity contribution in [2.45, 2.75) is 6.54 Å². The number of anilines is 1. The van der Waals surface area contributed by atoms with Crippen LogP contribution in [0.2, 0.25) is 0 Å². The molecule has 0 aliphatic rings. The number of benzene rings is 2. The molecule has 0 bridgehead atoms. The molecule has 0 saturated carbocycles. The van der Waals surface area contributed by atoms with Gasteiger partial charge in [0.2, 0.25) is 0 Å². The number of methoxy groups -OCH3 is 2. The van der Waals surface area contributed by atoms with Crippen LogP contribution in [-0.2, 0) is 11.3 Å². The first-order chi connectivity index (χ1) is 15.1. The molecule has 0 radical (unpaired) electrons. The van der Waals surface area contributed by atoms with E-state index in [4.69, 9.17) is 9.47 Å². The molecule has 4 aromatic rings. The second-order valence-corrected chi connectivity index (χ2v) is 7.63. The van der Waals surface area contributed by atoms with Crippen LogP contribution in [0.15, 0.2) is 67.0 Å². The van der Waals surface area contributed by atoms with Crippen LogP contribution >= 0.6 is 11.3 Å². The van der Waals surface area contributed by atoms with Gasteiger partial charge in [-0.15, -0.1) is 0 Å². The summed E-state index contributed by atoms with van der Waals surface area (Å²) in [5, 5.41) is 0.511. The number of rotatable bonds is 6.